The summed E-state index contributed by atoms with van der Waals surface area (Å²) in [6.07, 6.45) is 3.13. The molecule has 0 radical (unpaired) electrons. The Morgan fingerprint density at radius 2 is 2.09 bits per heavy atom. The molecule has 2 atom stereocenters. The second-order valence-electron chi connectivity index (χ2n) is 6.87. The number of nitrogens with zero attached hydrogens (tertiary/aromatic N) is 2. The van der Waals surface area contributed by atoms with Gasteiger partial charge in [-0.25, -0.2) is 0 Å². The van der Waals surface area contributed by atoms with Crippen LogP contribution in [-0.2, 0) is 28.4 Å². The Balaban J connectivity index is 1.77. The van der Waals surface area contributed by atoms with Gasteiger partial charge in [-0.15, -0.1) is 0 Å². The van der Waals surface area contributed by atoms with Gasteiger partial charge < -0.3 is 4.52 Å². The number of benzene rings is 1. The van der Waals surface area contributed by atoms with E-state index in [4.69, 9.17) is 4.52 Å². The first-order valence-electron chi connectivity index (χ1n) is 7.73. The van der Waals surface area contributed by atoms with Crippen LogP contribution in [0.1, 0.15) is 61.7 Å². The molecule has 0 aliphatic heterocycles. The van der Waals surface area contributed by atoms with Crippen LogP contribution >= 0.6 is 0 Å². The Morgan fingerprint density at radius 3 is 2.82 bits per heavy atom. The van der Waals surface area contributed by atoms with E-state index in [9.17, 15) is 4.21 Å². The van der Waals surface area contributed by atoms with Crippen LogP contribution in [0.15, 0.2) is 28.8 Å². The largest absolute Gasteiger partial charge is 0.338 e. The van der Waals surface area contributed by atoms with Gasteiger partial charge in [-0.1, -0.05) is 50.2 Å². The maximum Gasteiger partial charge on any atom is 0.239 e. The van der Waals surface area contributed by atoms with Crippen LogP contribution in [0.3, 0.4) is 0 Å². The van der Waals surface area contributed by atoms with Crippen molar-refractivity contribution >= 4 is 10.8 Å². The topological polar surface area (TPSA) is 56.0 Å². The minimum atomic E-state index is -1.03. The third-order valence-electron chi connectivity index (χ3n) is 4.04. The molecule has 0 saturated carbocycles. The molecule has 5 heteroatoms. The van der Waals surface area contributed by atoms with Gasteiger partial charge in [0, 0.05) is 16.2 Å². The van der Waals surface area contributed by atoms with Crippen molar-refractivity contribution in [1.29, 1.82) is 0 Å². The Bertz CT molecular complexity index is 688. The molecule has 3 rings (SSSR count). The average molecular weight is 318 g/mol. The van der Waals surface area contributed by atoms with Crippen molar-refractivity contribution in [2.75, 3.05) is 0 Å². The summed E-state index contributed by atoms with van der Waals surface area (Å²) in [5.41, 5.74) is 2.40. The van der Waals surface area contributed by atoms with Crippen LogP contribution < -0.4 is 0 Å². The van der Waals surface area contributed by atoms with Crippen LogP contribution in [-0.4, -0.2) is 14.3 Å². The highest BCUT2D eigenvalue weighted by molar-refractivity contribution is 7.84. The molecule has 1 aliphatic rings. The Kier molecular flexibility index (Phi) is 4.17. The van der Waals surface area contributed by atoms with Gasteiger partial charge in [-0.3, -0.25) is 4.21 Å². The van der Waals surface area contributed by atoms with Gasteiger partial charge in [-0.2, -0.15) is 4.98 Å². The molecule has 0 N–H and O–H groups in total. The molecule has 1 aliphatic carbocycles. The fraction of sp³-hybridized carbons (Fsp3) is 0.529. The molecule has 0 bridgehead atoms. The second-order valence-corrected chi connectivity index (χ2v) is 8.49. The average Bonchev–Trinajstić information content (AvgIpc) is 2.95. The van der Waals surface area contributed by atoms with E-state index >= 15 is 0 Å². The number of hydrogen-bond donors (Lipinski definition) is 0. The normalized spacial score (nSPS) is 19.7. The lowest BCUT2D eigenvalue weighted by Gasteiger charge is -2.24. The molecule has 118 valence electrons. The lowest BCUT2D eigenvalue weighted by Crippen LogP contribution is -2.16. The molecule has 0 amide bonds. The summed E-state index contributed by atoms with van der Waals surface area (Å²) in [4.78, 5) is 4.40. The van der Waals surface area contributed by atoms with Crippen LogP contribution in [0.25, 0.3) is 0 Å². The van der Waals surface area contributed by atoms with Crippen molar-refractivity contribution in [2.24, 2.45) is 0 Å². The molecular weight excluding hydrogens is 296 g/mol. The van der Waals surface area contributed by atoms with Crippen molar-refractivity contribution in [2.45, 2.75) is 56.5 Å². The highest BCUT2D eigenvalue weighted by Crippen LogP contribution is 2.35. The van der Waals surface area contributed by atoms with E-state index in [1.807, 2.05) is 26.8 Å². The lowest BCUT2D eigenvalue weighted by atomic mass is 9.91. The third-order valence-corrected chi connectivity index (χ3v) is 5.69. The van der Waals surface area contributed by atoms with E-state index in [1.165, 1.54) is 11.1 Å². The Labute approximate surface area is 133 Å². The first-order chi connectivity index (χ1) is 10.4. The Morgan fingerprint density at radius 1 is 1.32 bits per heavy atom. The third kappa shape index (κ3) is 3.14. The summed E-state index contributed by atoms with van der Waals surface area (Å²) in [7, 11) is -1.03. The number of fused-ring (bicyclic) bond motifs is 1. The van der Waals surface area contributed by atoms with Gasteiger partial charge in [0.25, 0.3) is 0 Å². The van der Waals surface area contributed by atoms with Crippen LogP contribution in [0.5, 0.6) is 0 Å². The van der Waals surface area contributed by atoms with E-state index in [0.29, 0.717) is 17.5 Å². The summed E-state index contributed by atoms with van der Waals surface area (Å²) in [5, 5.41) is 4.09. The minimum Gasteiger partial charge on any atom is -0.338 e. The molecule has 0 spiro atoms. The predicted molar refractivity (Wildman–Crippen MR) is 87.0 cm³/mol. The van der Waals surface area contributed by atoms with Gasteiger partial charge in [0.15, 0.2) is 5.82 Å². The summed E-state index contributed by atoms with van der Waals surface area (Å²) in [5.74, 6) is 1.48. The van der Waals surface area contributed by atoms with Crippen LogP contribution in [0.2, 0.25) is 0 Å². The van der Waals surface area contributed by atoms with Crippen molar-refractivity contribution in [3.8, 4) is 0 Å². The molecule has 1 aromatic carbocycles. The van der Waals surface area contributed by atoms with Crippen LogP contribution in [0.4, 0.5) is 0 Å². The van der Waals surface area contributed by atoms with Gasteiger partial charge in [0.05, 0.1) is 5.25 Å². The maximum atomic E-state index is 12.8. The van der Waals surface area contributed by atoms with Gasteiger partial charge >= 0.3 is 0 Å². The van der Waals surface area contributed by atoms with Gasteiger partial charge in [0.1, 0.15) is 5.75 Å². The number of aromatic nitrogens is 2. The molecule has 22 heavy (non-hydrogen) atoms. The predicted octanol–water partition coefficient (Wildman–Crippen LogP) is 3.69. The van der Waals surface area contributed by atoms with E-state index in [2.05, 4.69) is 28.3 Å². The van der Waals surface area contributed by atoms with Gasteiger partial charge in [0.2, 0.25) is 5.89 Å². The van der Waals surface area contributed by atoms with Crippen LogP contribution in [0, 0.1) is 0 Å². The SMILES string of the molecule is CC(C)(C)c1noc(C[S@](=O)[C@@H]2CCCc3ccccc32)n1. The molecule has 0 saturated heterocycles. The zero-order valence-corrected chi connectivity index (χ0v) is 14.2. The molecule has 0 fully saturated rings. The summed E-state index contributed by atoms with van der Waals surface area (Å²) < 4.78 is 18.1. The number of rotatable bonds is 3. The van der Waals surface area contributed by atoms with Crippen molar-refractivity contribution in [3.05, 3.63) is 47.1 Å². The smallest absolute Gasteiger partial charge is 0.239 e. The zero-order valence-electron chi connectivity index (χ0n) is 13.3. The standard InChI is InChI=1S/C17H22N2O2S/c1-17(2,3)16-18-15(21-19-16)11-22(20)14-10-6-8-12-7-4-5-9-13(12)14/h4-5,7,9,14H,6,8,10-11H2,1-3H3/t14-,22+/m1/s1. The van der Waals surface area contributed by atoms with E-state index in [0.717, 1.165) is 19.3 Å². The van der Waals surface area contributed by atoms with E-state index in [-0.39, 0.29) is 10.7 Å². The lowest BCUT2D eigenvalue weighted by molar-refractivity contribution is 0.372. The van der Waals surface area contributed by atoms with Crippen molar-refractivity contribution < 1.29 is 8.73 Å². The summed E-state index contributed by atoms with van der Waals surface area (Å²) >= 11 is 0. The number of hydrogen-bond acceptors (Lipinski definition) is 4. The minimum absolute atomic E-state index is 0.0786. The molecule has 2 aromatic rings. The second kappa shape index (κ2) is 5.95. The number of aryl methyl sites for hydroxylation is 1. The summed E-state index contributed by atoms with van der Waals surface area (Å²) in [6.45, 7) is 6.11. The Hall–Kier alpha value is -1.49. The highest BCUT2D eigenvalue weighted by Gasteiger charge is 2.27. The zero-order chi connectivity index (χ0) is 15.7. The fourth-order valence-corrected chi connectivity index (χ4v) is 4.33. The molecule has 1 heterocycles. The molecular formula is C17H22N2O2S. The molecule has 1 aromatic heterocycles. The fourth-order valence-electron chi connectivity index (χ4n) is 2.82. The highest BCUT2D eigenvalue weighted by atomic mass is 32.2. The van der Waals surface area contributed by atoms with E-state index in [1.54, 1.807) is 0 Å². The quantitative estimate of drug-likeness (QED) is 0.866. The van der Waals surface area contributed by atoms with Crippen molar-refractivity contribution in [3.63, 3.8) is 0 Å². The van der Waals surface area contributed by atoms with Gasteiger partial charge in [-0.05, 0) is 30.4 Å². The first kappa shape index (κ1) is 15.4. The maximum absolute atomic E-state index is 12.8. The monoisotopic (exact) mass is 318 g/mol. The molecule has 0 unspecified atom stereocenters. The van der Waals surface area contributed by atoms with Crippen molar-refractivity contribution in [1.82, 2.24) is 10.1 Å². The first-order valence-corrected chi connectivity index (χ1v) is 9.11. The molecule has 4 nitrogen and oxygen atoms in total. The van der Waals surface area contributed by atoms with E-state index < -0.39 is 10.8 Å². The summed E-state index contributed by atoms with van der Waals surface area (Å²) in [6, 6.07) is 8.32.